The highest BCUT2D eigenvalue weighted by Crippen LogP contribution is 2.46. The lowest BCUT2D eigenvalue weighted by atomic mass is 10.0. The zero-order chi connectivity index (χ0) is 30.3. The van der Waals surface area contributed by atoms with Crippen LogP contribution in [0.25, 0.3) is 31.6 Å². The Labute approximate surface area is 257 Å². The number of carbonyl (C=O) groups is 2. The minimum absolute atomic E-state index is 0.0611. The molecule has 2 fully saturated rings. The minimum Gasteiger partial charge on any atom is -0.496 e. The fourth-order valence-electron chi connectivity index (χ4n) is 6.22. The van der Waals surface area contributed by atoms with E-state index in [-0.39, 0.29) is 11.9 Å². The number of hydrogen-bond acceptors (Lipinski definition) is 6. The van der Waals surface area contributed by atoms with Gasteiger partial charge in [0.25, 0.3) is 5.91 Å². The molecule has 4 aromatic rings. The van der Waals surface area contributed by atoms with Crippen molar-refractivity contribution < 1.29 is 19.1 Å². The Kier molecular flexibility index (Phi) is 8.13. The Morgan fingerprint density at radius 3 is 2.63 bits per heavy atom. The summed E-state index contributed by atoms with van der Waals surface area (Å²) in [6.07, 6.45) is 4.43. The van der Waals surface area contributed by atoms with Gasteiger partial charge in [-0.25, -0.2) is 4.79 Å². The SMILES string of the molecule is COc1cc(C(=O)N2CCCC(NC(=O)OC(C)(C)C)C2)cc2sc(-c3cc4ccccc4n3CC3CC3)c(CCN)c12. The zero-order valence-electron chi connectivity index (χ0n) is 25.6. The van der Waals surface area contributed by atoms with Crippen LogP contribution in [0.5, 0.6) is 5.75 Å². The largest absolute Gasteiger partial charge is 0.496 e. The first kappa shape index (κ1) is 29.5. The summed E-state index contributed by atoms with van der Waals surface area (Å²) in [5.41, 5.74) is 9.82. The highest BCUT2D eigenvalue weighted by molar-refractivity contribution is 7.22. The molecule has 9 heteroatoms. The van der Waals surface area contributed by atoms with Gasteiger partial charge in [-0.15, -0.1) is 11.3 Å². The number of fused-ring (bicyclic) bond motifs is 2. The molecule has 43 heavy (non-hydrogen) atoms. The van der Waals surface area contributed by atoms with Crippen LogP contribution in [0.15, 0.2) is 42.5 Å². The van der Waals surface area contributed by atoms with Crippen molar-refractivity contribution in [1.82, 2.24) is 14.8 Å². The van der Waals surface area contributed by atoms with Crippen molar-refractivity contribution in [2.75, 3.05) is 26.7 Å². The molecule has 1 saturated carbocycles. The predicted octanol–water partition coefficient (Wildman–Crippen LogP) is 6.57. The van der Waals surface area contributed by atoms with E-state index in [9.17, 15) is 9.59 Å². The van der Waals surface area contributed by atoms with Gasteiger partial charge < -0.3 is 30.0 Å². The lowest BCUT2D eigenvalue weighted by molar-refractivity contribution is 0.0452. The van der Waals surface area contributed by atoms with Crippen LogP contribution in [0.3, 0.4) is 0 Å². The number of thiophene rings is 1. The number of nitrogens with zero attached hydrogens (tertiary/aromatic N) is 2. The Morgan fingerprint density at radius 2 is 1.91 bits per heavy atom. The highest BCUT2D eigenvalue weighted by atomic mass is 32.1. The molecule has 2 aliphatic rings. The summed E-state index contributed by atoms with van der Waals surface area (Å²) in [4.78, 5) is 29.3. The topological polar surface area (TPSA) is 98.8 Å². The fourth-order valence-corrected chi connectivity index (χ4v) is 7.55. The maximum Gasteiger partial charge on any atom is 0.407 e. The molecule has 0 spiro atoms. The molecule has 3 N–H and O–H groups in total. The van der Waals surface area contributed by atoms with Crippen LogP contribution >= 0.6 is 11.3 Å². The van der Waals surface area contributed by atoms with E-state index in [1.807, 2.05) is 37.8 Å². The van der Waals surface area contributed by atoms with Crippen LogP contribution < -0.4 is 15.8 Å². The van der Waals surface area contributed by atoms with Gasteiger partial charge in [0.2, 0.25) is 0 Å². The van der Waals surface area contributed by atoms with Crippen molar-refractivity contribution in [3.05, 3.63) is 53.6 Å². The first-order valence-electron chi connectivity index (χ1n) is 15.4. The number of hydrogen-bond donors (Lipinski definition) is 2. The predicted molar refractivity (Wildman–Crippen MR) is 173 cm³/mol. The number of aromatic nitrogens is 1. The number of nitrogens with one attached hydrogen (secondary N) is 1. The molecule has 1 saturated heterocycles. The number of amides is 2. The molecule has 1 aliphatic carbocycles. The van der Waals surface area contributed by atoms with E-state index in [0.717, 1.165) is 35.4 Å². The molecular formula is C34H42N4O4S. The quantitative estimate of drug-likeness (QED) is 0.238. The number of nitrogens with two attached hydrogens (primary N) is 1. The first-order valence-corrected chi connectivity index (χ1v) is 16.2. The minimum atomic E-state index is -0.575. The maximum atomic E-state index is 13.9. The van der Waals surface area contributed by atoms with E-state index in [1.165, 1.54) is 39.9 Å². The number of carbonyl (C=O) groups excluding carboxylic acids is 2. The van der Waals surface area contributed by atoms with E-state index < -0.39 is 11.7 Å². The van der Waals surface area contributed by atoms with Gasteiger partial charge in [0.1, 0.15) is 11.4 Å². The molecule has 0 bridgehead atoms. The van der Waals surface area contributed by atoms with Gasteiger partial charge in [-0.1, -0.05) is 18.2 Å². The third-order valence-electron chi connectivity index (χ3n) is 8.33. The normalized spacial score (nSPS) is 17.4. The van der Waals surface area contributed by atoms with Gasteiger partial charge in [-0.2, -0.15) is 0 Å². The number of benzene rings is 2. The average molecular weight is 603 g/mol. The van der Waals surface area contributed by atoms with Gasteiger partial charge in [-0.3, -0.25) is 4.79 Å². The third-order valence-corrected chi connectivity index (χ3v) is 9.53. The van der Waals surface area contributed by atoms with Gasteiger partial charge >= 0.3 is 6.09 Å². The molecule has 228 valence electrons. The summed E-state index contributed by atoms with van der Waals surface area (Å²) in [6.45, 7) is 8.13. The van der Waals surface area contributed by atoms with E-state index in [1.54, 1.807) is 18.4 Å². The maximum absolute atomic E-state index is 13.9. The Balaban J connectivity index is 1.35. The van der Waals surface area contributed by atoms with Gasteiger partial charge in [-0.05, 0) is 95.2 Å². The second kappa shape index (κ2) is 11.8. The molecule has 6 rings (SSSR count). The van der Waals surface area contributed by atoms with E-state index in [4.69, 9.17) is 15.2 Å². The summed E-state index contributed by atoms with van der Waals surface area (Å²) in [5, 5.41) is 5.22. The Hall–Kier alpha value is -3.56. The van der Waals surface area contributed by atoms with Crippen LogP contribution in [0.1, 0.15) is 62.4 Å². The number of rotatable bonds is 8. The average Bonchev–Trinajstić information content (AvgIpc) is 3.62. The van der Waals surface area contributed by atoms with Crippen molar-refractivity contribution >= 4 is 44.3 Å². The van der Waals surface area contributed by atoms with Crippen LogP contribution in [0.4, 0.5) is 4.79 Å². The van der Waals surface area contributed by atoms with E-state index in [2.05, 4.69) is 40.2 Å². The second-order valence-corrected chi connectivity index (χ2v) is 13.9. The van der Waals surface area contributed by atoms with E-state index in [0.29, 0.717) is 37.4 Å². The van der Waals surface area contributed by atoms with E-state index >= 15 is 0 Å². The summed E-state index contributed by atoms with van der Waals surface area (Å²) in [6, 6.07) is 14.6. The van der Waals surface area contributed by atoms with Crippen molar-refractivity contribution in [2.45, 2.75) is 71.1 Å². The Bertz CT molecular complexity index is 1660. The van der Waals surface area contributed by atoms with Gasteiger partial charge in [0.05, 0.1) is 17.7 Å². The smallest absolute Gasteiger partial charge is 0.407 e. The molecule has 8 nitrogen and oxygen atoms in total. The van der Waals surface area contributed by atoms with Crippen LogP contribution in [-0.4, -0.2) is 59.9 Å². The molecule has 2 aromatic heterocycles. The zero-order valence-corrected chi connectivity index (χ0v) is 26.4. The fraction of sp³-hybridized carbons (Fsp3) is 0.471. The van der Waals surface area contributed by atoms with Crippen molar-refractivity contribution in [3.8, 4) is 16.3 Å². The molecule has 1 unspecified atom stereocenters. The van der Waals surface area contributed by atoms with Crippen LogP contribution in [0.2, 0.25) is 0 Å². The second-order valence-electron chi connectivity index (χ2n) is 12.9. The summed E-state index contributed by atoms with van der Waals surface area (Å²) >= 11 is 1.72. The number of methoxy groups -OCH3 is 1. The van der Waals surface area contributed by atoms with Crippen molar-refractivity contribution in [3.63, 3.8) is 0 Å². The summed E-state index contributed by atoms with van der Waals surface area (Å²) < 4.78 is 14.9. The lowest BCUT2D eigenvalue weighted by Crippen LogP contribution is -2.50. The number of likely N-dealkylation sites (tertiary alicyclic amines) is 1. The monoisotopic (exact) mass is 602 g/mol. The summed E-state index contributed by atoms with van der Waals surface area (Å²) in [5.74, 6) is 1.35. The molecule has 0 radical (unpaired) electrons. The van der Waals surface area contributed by atoms with Crippen LogP contribution in [0, 0.1) is 5.92 Å². The number of alkyl carbamates (subject to hydrolysis) is 1. The number of ether oxygens (including phenoxy) is 2. The molecular weight excluding hydrogens is 560 g/mol. The van der Waals surface area contributed by atoms with Gasteiger partial charge in [0, 0.05) is 52.2 Å². The van der Waals surface area contributed by atoms with Gasteiger partial charge in [0.15, 0.2) is 0 Å². The molecule has 1 atom stereocenters. The Morgan fingerprint density at radius 1 is 1.12 bits per heavy atom. The molecule has 1 aliphatic heterocycles. The van der Waals surface area contributed by atoms with Crippen LogP contribution in [-0.2, 0) is 17.7 Å². The summed E-state index contributed by atoms with van der Waals surface area (Å²) in [7, 11) is 1.67. The van der Waals surface area contributed by atoms with Crippen molar-refractivity contribution in [1.29, 1.82) is 0 Å². The standard InChI is InChI=1S/C34H42N4O4S/c1-34(2,3)42-33(40)36-24-9-7-15-37(20-24)32(39)23-17-28(41-4)30-25(13-14-35)31(43-29(30)18-23)27-16-22-8-5-6-10-26(22)38(27)19-21-11-12-21/h5-6,8,10,16-18,21,24H,7,9,11-15,19-20,35H2,1-4H3,(H,36,40). The number of piperidine rings is 1. The lowest BCUT2D eigenvalue weighted by Gasteiger charge is -2.33. The third kappa shape index (κ3) is 6.24. The number of para-hydroxylation sites is 1. The highest BCUT2D eigenvalue weighted by Gasteiger charge is 2.30. The first-order chi connectivity index (χ1) is 20.6. The molecule has 2 amide bonds. The molecule has 2 aromatic carbocycles. The molecule has 3 heterocycles. The van der Waals surface area contributed by atoms with Crippen molar-refractivity contribution in [2.24, 2.45) is 11.7 Å².